The summed E-state index contributed by atoms with van der Waals surface area (Å²) in [7, 11) is 0. The van der Waals surface area contributed by atoms with Crippen molar-refractivity contribution >= 4 is 5.97 Å². The van der Waals surface area contributed by atoms with Crippen LogP contribution in [-0.4, -0.2) is 12.1 Å². The summed E-state index contributed by atoms with van der Waals surface area (Å²) in [4.78, 5) is 12.9. The highest BCUT2D eigenvalue weighted by Gasteiger charge is 2.57. The molecule has 0 aromatic carbocycles. The molecule has 3 fully saturated rings. The quantitative estimate of drug-likeness (QED) is 0.0841. The summed E-state index contributed by atoms with van der Waals surface area (Å²) < 4.78 is 6.25. The van der Waals surface area contributed by atoms with Crippen molar-refractivity contribution < 1.29 is 9.53 Å². The zero-order valence-corrected chi connectivity index (χ0v) is 32.0. The van der Waals surface area contributed by atoms with Gasteiger partial charge in [0.1, 0.15) is 6.10 Å². The fourth-order valence-corrected chi connectivity index (χ4v) is 11.0. The number of rotatable bonds is 18. The predicted molar refractivity (Wildman–Crippen MR) is 202 cm³/mol. The van der Waals surface area contributed by atoms with Crippen LogP contribution in [0.15, 0.2) is 47.6 Å². The van der Waals surface area contributed by atoms with Crippen LogP contribution in [0.25, 0.3) is 0 Å². The highest BCUT2D eigenvalue weighted by Crippen LogP contribution is 2.66. The van der Waals surface area contributed by atoms with Gasteiger partial charge >= 0.3 is 5.97 Å². The number of hydrogen-bond acceptors (Lipinski definition) is 2. The SMILES string of the molecule is C=C(C)C(C)CCC(C)C1CCC2=C3CCC4C(C)C(OC(=O)CCCCCCC=CCC=CCCCC)CCC4(C)C3CCC21C. The monoisotopic (exact) mass is 647 g/mol. The molecule has 47 heavy (non-hydrogen) atoms. The average Bonchev–Trinajstić information content (AvgIpc) is 3.40. The molecule has 0 aromatic heterocycles. The van der Waals surface area contributed by atoms with Crippen molar-refractivity contribution in [2.45, 2.75) is 183 Å². The van der Waals surface area contributed by atoms with E-state index in [9.17, 15) is 4.79 Å². The van der Waals surface area contributed by atoms with Gasteiger partial charge in [-0.15, -0.1) is 0 Å². The van der Waals surface area contributed by atoms with E-state index in [4.69, 9.17) is 4.74 Å². The van der Waals surface area contributed by atoms with E-state index in [0.29, 0.717) is 35.0 Å². The lowest BCUT2D eigenvalue weighted by Gasteiger charge is -2.58. The largest absolute Gasteiger partial charge is 0.462 e. The maximum atomic E-state index is 12.9. The molecule has 3 saturated carbocycles. The third-order valence-electron chi connectivity index (χ3n) is 14.2. The van der Waals surface area contributed by atoms with Crippen molar-refractivity contribution in [3.63, 3.8) is 0 Å². The Bertz CT molecular complexity index is 1110. The van der Waals surface area contributed by atoms with E-state index in [1.165, 1.54) is 95.5 Å². The van der Waals surface area contributed by atoms with E-state index >= 15 is 0 Å². The van der Waals surface area contributed by atoms with E-state index in [1.54, 1.807) is 0 Å². The smallest absolute Gasteiger partial charge is 0.306 e. The number of carbonyl (C=O) groups excluding carboxylic acids is 1. The van der Waals surface area contributed by atoms with Gasteiger partial charge in [0.05, 0.1) is 0 Å². The van der Waals surface area contributed by atoms with Crippen molar-refractivity contribution in [2.24, 2.45) is 46.3 Å². The highest BCUT2D eigenvalue weighted by molar-refractivity contribution is 5.69. The highest BCUT2D eigenvalue weighted by atomic mass is 16.5. The summed E-state index contributed by atoms with van der Waals surface area (Å²) in [5.74, 6) is 4.22. The van der Waals surface area contributed by atoms with Crippen molar-refractivity contribution in [2.75, 3.05) is 0 Å². The molecule has 4 aliphatic rings. The summed E-state index contributed by atoms with van der Waals surface area (Å²) in [6, 6.07) is 0. The van der Waals surface area contributed by atoms with E-state index < -0.39 is 0 Å². The Hall–Kier alpha value is -1.57. The Labute approximate surface area is 291 Å². The summed E-state index contributed by atoms with van der Waals surface area (Å²) in [5, 5.41) is 0. The number of ether oxygens (including phenoxy) is 1. The minimum absolute atomic E-state index is 0.0519. The lowest BCUT2D eigenvalue weighted by molar-refractivity contribution is -0.162. The van der Waals surface area contributed by atoms with Gasteiger partial charge in [-0.2, -0.15) is 0 Å². The maximum Gasteiger partial charge on any atom is 0.306 e. The van der Waals surface area contributed by atoms with Crippen molar-refractivity contribution in [1.82, 2.24) is 0 Å². The molecule has 0 aliphatic heterocycles. The zero-order chi connectivity index (χ0) is 34.0. The fraction of sp³-hybridized carbons (Fsp3) is 0.800. The first-order valence-corrected chi connectivity index (χ1v) is 20.4. The van der Waals surface area contributed by atoms with Gasteiger partial charge in [-0.1, -0.05) is 115 Å². The second-order valence-electron chi connectivity index (χ2n) is 17.3. The number of allylic oxidation sites excluding steroid dienone is 7. The van der Waals surface area contributed by atoms with Crippen LogP contribution < -0.4 is 0 Å². The molecule has 0 spiro atoms. The molecule has 0 bridgehead atoms. The molecule has 0 saturated heterocycles. The predicted octanol–water partition coefficient (Wildman–Crippen LogP) is 13.5. The first-order valence-electron chi connectivity index (χ1n) is 20.4. The summed E-state index contributed by atoms with van der Waals surface area (Å²) in [5.41, 5.74) is 5.91. The van der Waals surface area contributed by atoms with Crippen LogP contribution in [-0.2, 0) is 9.53 Å². The van der Waals surface area contributed by atoms with Gasteiger partial charge in [0, 0.05) is 6.42 Å². The third kappa shape index (κ3) is 9.36. The van der Waals surface area contributed by atoms with E-state index in [-0.39, 0.29) is 12.1 Å². The van der Waals surface area contributed by atoms with Gasteiger partial charge in [0.15, 0.2) is 0 Å². The Morgan fingerprint density at radius 2 is 1.64 bits per heavy atom. The van der Waals surface area contributed by atoms with E-state index in [0.717, 1.165) is 49.9 Å². The normalized spacial score (nSPS) is 33.5. The van der Waals surface area contributed by atoms with E-state index in [2.05, 4.69) is 79.3 Å². The molecule has 4 rings (SSSR count). The van der Waals surface area contributed by atoms with Crippen LogP contribution in [0.2, 0.25) is 0 Å². The summed E-state index contributed by atoms with van der Waals surface area (Å²) in [6.45, 7) is 21.3. The lowest BCUT2D eigenvalue weighted by Crippen LogP contribution is -2.52. The van der Waals surface area contributed by atoms with Crippen LogP contribution >= 0.6 is 0 Å². The first kappa shape index (κ1) is 38.2. The molecule has 0 amide bonds. The van der Waals surface area contributed by atoms with Gasteiger partial charge < -0.3 is 4.74 Å². The summed E-state index contributed by atoms with van der Waals surface area (Å²) >= 11 is 0. The van der Waals surface area contributed by atoms with Gasteiger partial charge in [0.2, 0.25) is 0 Å². The molecule has 2 heteroatoms. The van der Waals surface area contributed by atoms with Gasteiger partial charge in [-0.3, -0.25) is 4.79 Å². The van der Waals surface area contributed by atoms with Crippen LogP contribution in [0.4, 0.5) is 0 Å². The molecular formula is C45H74O2. The van der Waals surface area contributed by atoms with Crippen molar-refractivity contribution in [3.05, 3.63) is 47.6 Å². The molecular weight excluding hydrogens is 572 g/mol. The average molecular weight is 647 g/mol. The second-order valence-corrected chi connectivity index (χ2v) is 17.3. The molecule has 0 radical (unpaired) electrons. The molecule has 0 aromatic rings. The molecule has 9 atom stereocenters. The number of fused-ring (bicyclic) bond motifs is 4. The third-order valence-corrected chi connectivity index (χ3v) is 14.2. The van der Waals surface area contributed by atoms with Crippen LogP contribution in [0, 0.1) is 46.3 Å². The Morgan fingerprint density at radius 1 is 0.915 bits per heavy atom. The Kier molecular flexibility index (Phi) is 14.6. The van der Waals surface area contributed by atoms with Crippen LogP contribution in [0.1, 0.15) is 177 Å². The standard InChI is InChI=1S/C45H74O2/c1-9-10-11-12-13-14-15-16-17-18-19-20-21-22-43(46)47-42-30-32-45(8)39(36(42)6)26-25-37-40-28-27-38(44(40,7)31-29-41(37)45)35(5)24-23-34(4)33(2)3/h12-13,15-16,34-36,38-39,41-42H,2,9-11,14,17-32H2,1,3-8H3. The molecule has 0 N–H and O–H groups in total. The number of hydrogen-bond donors (Lipinski definition) is 0. The molecule has 0 heterocycles. The van der Waals surface area contributed by atoms with Crippen LogP contribution in [0.3, 0.4) is 0 Å². The molecule has 266 valence electrons. The van der Waals surface area contributed by atoms with Gasteiger partial charge in [-0.25, -0.2) is 0 Å². The maximum absolute atomic E-state index is 12.9. The van der Waals surface area contributed by atoms with Gasteiger partial charge in [-0.05, 0) is 150 Å². The second kappa shape index (κ2) is 17.9. The van der Waals surface area contributed by atoms with Crippen LogP contribution in [0.5, 0.6) is 0 Å². The minimum atomic E-state index is 0.0519. The topological polar surface area (TPSA) is 26.3 Å². The molecule has 4 aliphatic carbocycles. The number of carbonyl (C=O) groups is 1. The van der Waals surface area contributed by atoms with E-state index in [1.807, 2.05) is 11.1 Å². The summed E-state index contributed by atoms with van der Waals surface area (Å²) in [6.07, 6.45) is 33.4. The zero-order valence-electron chi connectivity index (χ0n) is 32.0. The van der Waals surface area contributed by atoms with Crippen molar-refractivity contribution in [1.29, 1.82) is 0 Å². The fourth-order valence-electron chi connectivity index (χ4n) is 11.0. The Morgan fingerprint density at radius 3 is 2.36 bits per heavy atom. The lowest BCUT2D eigenvalue weighted by atomic mass is 9.47. The molecule has 9 unspecified atom stereocenters. The van der Waals surface area contributed by atoms with Gasteiger partial charge in [0.25, 0.3) is 0 Å². The minimum Gasteiger partial charge on any atom is -0.462 e. The molecule has 2 nitrogen and oxygen atoms in total. The first-order chi connectivity index (χ1) is 22.5. The number of esters is 1. The van der Waals surface area contributed by atoms with Crippen molar-refractivity contribution in [3.8, 4) is 0 Å². The Balaban J connectivity index is 1.22. The number of unbranched alkanes of at least 4 members (excludes halogenated alkanes) is 6.